The van der Waals surface area contributed by atoms with E-state index in [1.165, 1.54) is 0 Å². The maximum absolute atomic E-state index is 14.1. The molecule has 12 heteroatoms. The highest BCUT2D eigenvalue weighted by molar-refractivity contribution is 5.79. The van der Waals surface area contributed by atoms with E-state index in [0.717, 1.165) is 49.7 Å². The number of ketones is 1. The molecule has 0 amide bonds. The van der Waals surface area contributed by atoms with Gasteiger partial charge in [-0.25, -0.2) is 0 Å². The molecule has 10 fully saturated rings. The molecule has 10 heterocycles. The molecule has 12 bridgehead atoms. The lowest BCUT2D eigenvalue weighted by molar-refractivity contribution is -0.294. The average Bonchev–Trinajstić information content (AvgIpc) is 3.76. The van der Waals surface area contributed by atoms with Crippen LogP contribution in [0, 0.1) is 11.8 Å². The number of ether oxygens (including phenoxy) is 9. The number of aliphatic hydroxyl groups excluding tert-OH is 1. The average molecular weight is 744 g/mol. The summed E-state index contributed by atoms with van der Waals surface area (Å²) in [7, 11) is 1.66. The quantitative estimate of drug-likeness (QED) is 0.404. The lowest BCUT2D eigenvalue weighted by atomic mass is 9.81. The monoisotopic (exact) mass is 743 g/mol. The second kappa shape index (κ2) is 14.3. The standard InChI is InChI=1S/C41H61NO11/c1-20-12-25-6-8-29-21(2)13-27(46-29)10-11-41-19-40(4)39(53-41)38-37(51-40)36(52-41)35-30(50-38)9-7-26(48-35)14-23(43)15-28-32(17-31(47-25)22(20)3)49-33(34(28)45-5)16-24(44)18-42/h20,24-39,44H,2-3,6-19,42H2,1,4-5H3/t20-,24+,25+,26?,27+,28+,29?,30?,31?,32+,33-,34-,35?,36+,37+,38-,39?,40+,41-/m1/s1. The van der Waals surface area contributed by atoms with Crippen LogP contribution in [-0.2, 0) is 47.4 Å². The summed E-state index contributed by atoms with van der Waals surface area (Å²) in [5.74, 6) is -0.666. The molecular weight excluding hydrogens is 682 g/mol. The van der Waals surface area contributed by atoms with Crippen LogP contribution in [0.3, 0.4) is 0 Å². The number of carbonyl (C=O) groups excluding carboxylic acids is 1. The number of hydrogen-bond acceptors (Lipinski definition) is 12. The highest BCUT2D eigenvalue weighted by Gasteiger charge is 2.73. The zero-order valence-corrected chi connectivity index (χ0v) is 31.7. The van der Waals surface area contributed by atoms with Gasteiger partial charge in [0.25, 0.3) is 0 Å². The number of rotatable bonds is 4. The predicted molar refractivity (Wildman–Crippen MR) is 191 cm³/mol. The van der Waals surface area contributed by atoms with Gasteiger partial charge in [0.15, 0.2) is 5.79 Å². The van der Waals surface area contributed by atoms with Crippen LogP contribution in [-0.4, -0.2) is 127 Å². The Bertz CT molecular complexity index is 1430. The fourth-order valence-electron chi connectivity index (χ4n) is 11.7. The molecule has 12 nitrogen and oxygen atoms in total. The van der Waals surface area contributed by atoms with Crippen molar-refractivity contribution in [3.63, 3.8) is 0 Å². The molecule has 1 spiro atoms. The van der Waals surface area contributed by atoms with Crippen LogP contribution in [0.2, 0.25) is 0 Å². The van der Waals surface area contributed by atoms with E-state index >= 15 is 0 Å². The maximum Gasteiger partial charge on any atom is 0.172 e. The Kier molecular flexibility index (Phi) is 10.0. The fraction of sp³-hybridized carbons (Fsp3) is 0.878. The van der Waals surface area contributed by atoms with Gasteiger partial charge in [-0.2, -0.15) is 0 Å². The first-order valence-corrected chi connectivity index (χ1v) is 20.5. The van der Waals surface area contributed by atoms with Crippen molar-refractivity contribution in [2.75, 3.05) is 13.7 Å². The van der Waals surface area contributed by atoms with Gasteiger partial charge in [-0.15, -0.1) is 0 Å². The summed E-state index contributed by atoms with van der Waals surface area (Å²) >= 11 is 0. The number of hydrogen-bond donors (Lipinski definition) is 2. The van der Waals surface area contributed by atoms with E-state index in [2.05, 4.69) is 27.0 Å². The van der Waals surface area contributed by atoms with Crippen LogP contribution in [0.4, 0.5) is 0 Å². The van der Waals surface area contributed by atoms with Gasteiger partial charge in [-0.1, -0.05) is 20.1 Å². The first-order chi connectivity index (χ1) is 25.4. The van der Waals surface area contributed by atoms with Gasteiger partial charge < -0.3 is 53.5 Å². The normalized spacial score (nSPS) is 53.0. The molecule has 0 aromatic heterocycles. The molecule has 0 aromatic carbocycles. The predicted octanol–water partition coefficient (Wildman–Crippen LogP) is 3.83. The van der Waals surface area contributed by atoms with Crippen molar-refractivity contribution in [2.24, 2.45) is 17.6 Å². The molecule has 6 unspecified atom stereocenters. The molecule has 10 rings (SSSR count). The van der Waals surface area contributed by atoms with Crippen molar-refractivity contribution in [1.82, 2.24) is 0 Å². The van der Waals surface area contributed by atoms with Crippen molar-refractivity contribution >= 4 is 5.78 Å². The Hall–Kier alpha value is -1.29. The maximum atomic E-state index is 14.1. The highest BCUT2D eigenvalue weighted by Crippen LogP contribution is 2.58. The minimum Gasteiger partial charge on any atom is -0.392 e. The number of aliphatic hydroxyl groups is 1. The molecule has 296 valence electrons. The van der Waals surface area contributed by atoms with Crippen LogP contribution in [0.25, 0.3) is 0 Å². The second-order valence-corrected chi connectivity index (χ2v) is 18.1. The van der Waals surface area contributed by atoms with Gasteiger partial charge in [0.05, 0.1) is 61.0 Å². The van der Waals surface area contributed by atoms with E-state index in [0.29, 0.717) is 32.1 Å². The summed E-state index contributed by atoms with van der Waals surface area (Å²) in [6.45, 7) is 13.4. The molecule has 10 saturated heterocycles. The van der Waals surface area contributed by atoms with E-state index in [1.54, 1.807) is 7.11 Å². The minimum absolute atomic E-state index is 0.0227. The van der Waals surface area contributed by atoms with Crippen LogP contribution >= 0.6 is 0 Å². The van der Waals surface area contributed by atoms with Crippen molar-refractivity contribution in [1.29, 1.82) is 0 Å². The van der Waals surface area contributed by atoms with Gasteiger partial charge in [0, 0.05) is 58.1 Å². The topological polar surface area (TPSA) is 146 Å². The van der Waals surface area contributed by atoms with Gasteiger partial charge in [-0.3, -0.25) is 4.79 Å². The van der Waals surface area contributed by atoms with Gasteiger partial charge >= 0.3 is 0 Å². The van der Waals surface area contributed by atoms with Crippen LogP contribution in [0.5, 0.6) is 0 Å². The van der Waals surface area contributed by atoms with Crippen molar-refractivity contribution < 1.29 is 52.5 Å². The van der Waals surface area contributed by atoms with Crippen molar-refractivity contribution in [3.8, 4) is 0 Å². The van der Waals surface area contributed by atoms with E-state index < -0.39 is 23.6 Å². The molecule has 10 aliphatic rings. The summed E-state index contributed by atoms with van der Waals surface area (Å²) in [5.41, 5.74) is 7.51. The Morgan fingerprint density at radius 1 is 0.849 bits per heavy atom. The summed E-state index contributed by atoms with van der Waals surface area (Å²) in [5, 5.41) is 10.5. The van der Waals surface area contributed by atoms with Gasteiger partial charge in [-0.05, 0) is 68.9 Å². The highest BCUT2D eigenvalue weighted by atomic mass is 16.8. The third-order valence-electron chi connectivity index (χ3n) is 14.4. The number of carbonyl (C=O) groups is 1. The van der Waals surface area contributed by atoms with Crippen LogP contribution in [0.15, 0.2) is 24.3 Å². The van der Waals surface area contributed by atoms with E-state index in [1.807, 2.05) is 0 Å². The minimum atomic E-state index is -0.818. The third kappa shape index (κ3) is 6.73. The number of fused-ring (bicyclic) bond motifs is 6. The fourth-order valence-corrected chi connectivity index (χ4v) is 11.7. The molecule has 0 aliphatic carbocycles. The Labute approximate surface area is 313 Å². The zero-order chi connectivity index (χ0) is 36.8. The second-order valence-electron chi connectivity index (χ2n) is 18.1. The van der Waals surface area contributed by atoms with Crippen molar-refractivity contribution in [2.45, 2.75) is 200 Å². The summed E-state index contributed by atoms with van der Waals surface area (Å²) in [6, 6.07) is 0. The zero-order valence-electron chi connectivity index (χ0n) is 31.7. The van der Waals surface area contributed by atoms with Gasteiger partial charge in [0.1, 0.15) is 41.9 Å². The van der Waals surface area contributed by atoms with Gasteiger partial charge in [0.2, 0.25) is 0 Å². The smallest absolute Gasteiger partial charge is 0.172 e. The number of Topliss-reactive ketones (excluding diaryl/α,β-unsaturated/α-hetero) is 1. The first kappa shape index (κ1) is 37.3. The summed E-state index contributed by atoms with van der Waals surface area (Å²) < 4.78 is 60.5. The Balaban J connectivity index is 1.00. The Morgan fingerprint density at radius 3 is 2.43 bits per heavy atom. The molecule has 0 aromatic rings. The SMILES string of the molecule is C=C1C[C@@H]2CC[C@@]34C[C@]5(C)O[C@H]6[C@@H](O3)C3OC(CCC3O[C@H]6C5O4)CC(=O)C[C@@H]3[C@@H](OC)[C@@H](C[C@H](O)CN)O[C@H]3CC3O[C@@H](CCC1O2)C[C@@H](C)C3=C. The van der Waals surface area contributed by atoms with Crippen LogP contribution < -0.4 is 5.73 Å². The molecule has 53 heavy (non-hydrogen) atoms. The van der Waals surface area contributed by atoms with E-state index in [-0.39, 0.29) is 116 Å². The van der Waals surface area contributed by atoms with Crippen LogP contribution in [0.1, 0.15) is 97.3 Å². The molecule has 19 atom stereocenters. The number of methoxy groups -OCH3 is 1. The summed E-state index contributed by atoms with van der Waals surface area (Å²) in [4.78, 5) is 14.1. The molecule has 3 N–H and O–H groups in total. The van der Waals surface area contributed by atoms with E-state index in [4.69, 9.17) is 48.4 Å². The lowest BCUT2D eigenvalue weighted by Gasteiger charge is -2.47. The first-order valence-electron chi connectivity index (χ1n) is 20.5. The molecular formula is C41H61NO11. The third-order valence-corrected chi connectivity index (χ3v) is 14.4. The molecule has 0 radical (unpaired) electrons. The van der Waals surface area contributed by atoms with Crippen molar-refractivity contribution in [3.05, 3.63) is 24.3 Å². The lowest BCUT2D eigenvalue weighted by Crippen LogP contribution is -2.61. The largest absolute Gasteiger partial charge is 0.392 e. The Morgan fingerprint density at radius 2 is 1.62 bits per heavy atom. The molecule has 10 aliphatic heterocycles. The number of nitrogens with two attached hydrogens (primary N) is 1. The van der Waals surface area contributed by atoms with E-state index in [9.17, 15) is 9.90 Å². The molecule has 0 saturated carbocycles. The summed E-state index contributed by atoms with van der Waals surface area (Å²) in [6.07, 6.45) is 4.60.